The molecule has 0 bridgehead atoms. The SMILES string of the molecule is COc1ccc([C@@]2(OCCCC(F)(F)C(F)(F)C(F)(F)C(F)(F)C(F)(F)C(F)(F)C(F)(F)C(F)(F)F)O[C@H](CO)[C@@H](O)[C@H](OCc3ccccc3)[C@H]2OC(=O)c2ccccc2)cc1. The summed E-state index contributed by atoms with van der Waals surface area (Å²) in [6.45, 7) is -3.05. The van der Waals surface area contributed by atoms with Gasteiger partial charge in [-0.25, -0.2) is 4.79 Å². The Bertz CT molecular complexity index is 1970. The van der Waals surface area contributed by atoms with Gasteiger partial charge in [-0.3, -0.25) is 0 Å². The molecule has 0 radical (unpaired) electrons. The van der Waals surface area contributed by atoms with Crippen molar-refractivity contribution >= 4 is 5.97 Å². The fourth-order valence-corrected chi connectivity index (χ4v) is 6.10. The van der Waals surface area contributed by atoms with Crippen molar-refractivity contribution in [3.63, 3.8) is 0 Å². The van der Waals surface area contributed by atoms with Crippen LogP contribution in [0.5, 0.6) is 5.75 Å². The molecule has 0 aromatic heterocycles. The van der Waals surface area contributed by atoms with E-state index in [4.69, 9.17) is 23.7 Å². The molecule has 2 N–H and O–H groups in total. The van der Waals surface area contributed by atoms with Crippen LogP contribution in [0.25, 0.3) is 0 Å². The molecule has 8 nitrogen and oxygen atoms in total. The maximum absolute atomic E-state index is 15.0. The van der Waals surface area contributed by atoms with Crippen molar-refractivity contribution in [3.05, 3.63) is 102 Å². The number of rotatable bonds is 19. The number of hydrogen-bond donors (Lipinski definition) is 2. The topological polar surface area (TPSA) is 104 Å². The van der Waals surface area contributed by atoms with Crippen LogP contribution in [0, 0.1) is 0 Å². The number of carbonyl (C=O) groups is 1. The number of carbonyl (C=O) groups excluding carboxylic acids is 1. The Morgan fingerprint density at radius 2 is 1.17 bits per heavy atom. The summed E-state index contributed by atoms with van der Waals surface area (Å²) in [6.07, 6.45) is -20.3. The molecule has 1 aliphatic heterocycles. The lowest BCUT2D eigenvalue weighted by atomic mass is 9.87. The second-order valence-electron chi connectivity index (χ2n) is 13.8. The van der Waals surface area contributed by atoms with Gasteiger partial charge in [0.05, 0.1) is 32.5 Å². The van der Waals surface area contributed by atoms with E-state index in [1.807, 2.05) is 0 Å². The van der Waals surface area contributed by atoms with Crippen LogP contribution in [-0.2, 0) is 31.3 Å². The number of methoxy groups -OCH3 is 1. The second kappa shape index (κ2) is 18.2. The molecule has 0 saturated carbocycles. The van der Waals surface area contributed by atoms with Gasteiger partial charge in [-0.1, -0.05) is 48.5 Å². The Labute approximate surface area is 344 Å². The Morgan fingerprint density at radius 1 is 0.683 bits per heavy atom. The maximum Gasteiger partial charge on any atom is 0.460 e. The smallest absolute Gasteiger partial charge is 0.460 e. The summed E-state index contributed by atoms with van der Waals surface area (Å²) in [4.78, 5) is 13.5. The number of alkyl halides is 17. The highest BCUT2D eigenvalue weighted by molar-refractivity contribution is 5.89. The van der Waals surface area contributed by atoms with E-state index >= 15 is 0 Å². The van der Waals surface area contributed by atoms with Gasteiger partial charge >= 0.3 is 53.6 Å². The third-order valence-corrected chi connectivity index (χ3v) is 9.66. The summed E-state index contributed by atoms with van der Waals surface area (Å²) in [5.74, 6) is -61.6. The first kappa shape index (κ1) is 51.2. The van der Waals surface area contributed by atoms with E-state index in [0.717, 1.165) is 12.1 Å². The average molecular weight is 941 g/mol. The van der Waals surface area contributed by atoms with Crippen molar-refractivity contribution in [2.75, 3.05) is 20.3 Å². The van der Waals surface area contributed by atoms with Gasteiger partial charge < -0.3 is 33.9 Å². The van der Waals surface area contributed by atoms with Gasteiger partial charge in [0.2, 0.25) is 5.79 Å². The monoisotopic (exact) mass is 940 g/mol. The van der Waals surface area contributed by atoms with E-state index in [9.17, 15) is 89.6 Å². The number of hydrogen-bond acceptors (Lipinski definition) is 8. The van der Waals surface area contributed by atoms with E-state index in [2.05, 4.69) is 0 Å². The van der Waals surface area contributed by atoms with E-state index in [-0.39, 0.29) is 16.9 Å². The van der Waals surface area contributed by atoms with Crippen LogP contribution in [0.1, 0.15) is 34.3 Å². The molecule has 4 rings (SSSR count). The fourth-order valence-electron chi connectivity index (χ4n) is 6.10. The van der Waals surface area contributed by atoms with Gasteiger partial charge in [-0.05, 0) is 48.4 Å². The third kappa shape index (κ3) is 9.12. The molecular formula is C38H33F17O8. The van der Waals surface area contributed by atoms with Gasteiger partial charge in [0.15, 0.2) is 6.10 Å². The summed E-state index contributed by atoms with van der Waals surface area (Å²) in [7, 11) is 1.20. The molecule has 0 amide bonds. The first-order valence-corrected chi connectivity index (χ1v) is 17.8. The van der Waals surface area contributed by atoms with Crippen LogP contribution in [0.4, 0.5) is 74.6 Å². The summed E-state index contributed by atoms with van der Waals surface area (Å²) in [6, 6.07) is 19.1. The van der Waals surface area contributed by atoms with Gasteiger partial charge in [-0.15, -0.1) is 0 Å². The highest BCUT2D eigenvalue weighted by atomic mass is 19.4. The second-order valence-corrected chi connectivity index (χ2v) is 13.8. The minimum absolute atomic E-state index is 0.100. The van der Waals surface area contributed by atoms with Crippen LogP contribution in [0.15, 0.2) is 84.9 Å². The predicted octanol–water partition coefficient (Wildman–Crippen LogP) is 9.22. The Kier molecular flexibility index (Phi) is 14.8. The molecular weight excluding hydrogens is 907 g/mol. The summed E-state index contributed by atoms with van der Waals surface area (Å²) < 4.78 is 265. The molecule has 25 heteroatoms. The normalized spacial score (nSPS) is 22.2. The molecule has 0 unspecified atom stereocenters. The first-order valence-electron chi connectivity index (χ1n) is 17.8. The Balaban J connectivity index is 1.74. The Hall–Kier alpha value is -4.46. The van der Waals surface area contributed by atoms with Crippen molar-refractivity contribution < 1.29 is 113 Å². The molecule has 1 aliphatic rings. The number of benzene rings is 3. The zero-order valence-corrected chi connectivity index (χ0v) is 31.7. The molecule has 0 spiro atoms. The number of aliphatic hydroxyl groups excluding tert-OH is 2. The molecule has 5 atom stereocenters. The molecule has 3 aromatic carbocycles. The van der Waals surface area contributed by atoms with Crippen molar-refractivity contribution in [1.29, 1.82) is 0 Å². The first-order chi connectivity index (χ1) is 28.9. The zero-order chi connectivity index (χ0) is 47.7. The highest BCUT2D eigenvalue weighted by Gasteiger charge is 2.95. The minimum atomic E-state index is -8.78. The standard InChI is InChI=1S/C38H33F17O8/c1-59-24-15-13-23(14-16-24)31(28(62-29(58)22-11-6-3-7-12-22)27(26(57)25(19-56)63-31)60-20-21-9-4-2-5-10-21)61-18-8-17-30(39,40)32(41,42)33(43,44)34(45,46)35(47,48)36(49,50)37(51,52)38(53,54)55/h2-7,9-16,25-28,56-57H,8,17-20H2,1H3/t25-,26-,27+,28-,31-/m1/s1. The predicted molar refractivity (Wildman–Crippen MR) is 179 cm³/mol. The molecule has 0 aliphatic carbocycles. The van der Waals surface area contributed by atoms with Crippen LogP contribution in [-0.4, -0.2) is 109 Å². The van der Waals surface area contributed by atoms with E-state index < -0.39 is 116 Å². The molecule has 352 valence electrons. The molecule has 3 aromatic rings. The van der Waals surface area contributed by atoms with Crippen molar-refractivity contribution in [2.24, 2.45) is 0 Å². The summed E-state index contributed by atoms with van der Waals surface area (Å²) >= 11 is 0. The number of ether oxygens (including phenoxy) is 5. The number of aliphatic hydroxyl groups is 2. The molecule has 63 heavy (non-hydrogen) atoms. The van der Waals surface area contributed by atoms with Crippen molar-refractivity contribution in [1.82, 2.24) is 0 Å². The molecule has 1 saturated heterocycles. The minimum Gasteiger partial charge on any atom is -0.497 e. The van der Waals surface area contributed by atoms with Crippen LogP contribution in [0.2, 0.25) is 0 Å². The fraction of sp³-hybridized carbons (Fsp3) is 0.500. The van der Waals surface area contributed by atoms with E-state index in [0.29, 0.717) is 5.56 Å². The van der Waals surface area contributed by atoms with Crippen molar-refractivity contribution in [3.8, 4) is 5.75 Å². The summed E-state index contributed by atoms with van der Waals surface area (Å²) in [5, 5.41) is 21.6. The summed E-state index contributed by atoms with van der Waals surface area (Å²) in [5.41, 5.74) is -0.0939. The Morgan fingerprint density at radius 3 is 1.67 bits per heavy atom. The maximum atomic E-state index is 15.0. The highest BCUT2D eigenvalue weighted by Crippen LogP contribution is 2.64. The van der Waals surface area contributed by atoms with Gasteiger partial charge in [0.25, 0.3) is 0 Å². The van der Waals surface area contributed by atoms with Crippen molar-refractivity contribution in [2.45, 2.75) is 97.3 Å². The number of halogens is 17. The lowest BCUT2D eigenvalue weighted by Crippen LogP contribution is -2.74. The third-order valence-electron chi connectivity index (χ3n) is 9.66. The largest absolute Gasteiger partial charge is 0.497 e. The zero-order valence-electron chi connectivity index (χ0n) is 31.7. The lowest BCUT2D eigenvalue weighted by molar-refractivity contribution is -0.461. The lowest BCUT2D eigenvalue weighted by Gasteiger charge is -2.50. The van der Waals surface area contributed by atoms with Crippen LogP contribution < -0.4 is 4.74 Å². The molecule has 1 heterocycles. The van der Waals surface area contributed by atoms with Gasteiger partial charge in [0, 0.05) is 12.0 Å². The van der Waals surface area contributed by atoms with Crippen LogP contribution in [0.3, 0.4) is 0 Å². The van der Waals surface area contributed by atoms with Gasteiger partial charge in [-0.2, -0.15) is 74.6 Å². The number of esters is 1. The molecule has 1 fully saturated rings. The van der Waals surface area contributed by atoms with E-state index in [1.165, 1.54) is 61.7 Å². The quantitative estimate of drug-likeness (QED) is 0.0698. The van der Waals surface area contributed by atoms with Gasteiger partial charge in [0.1, 0.15) is 24.1 Å². The van der Waals surface area contributed by atoms with E-state index in [1.54, 1.807) is 18.2 Å². The van der Waals surface area contributed by atoms with Crippen LogP contribution >= 0.6 is 0 Å². The average Bonchev–Trinajstić information content (AvgIpc) is 3.22.